The summed E-state index contributed by atoms with van der Waals surface area (Å²) >= 11 is 1.64. The largest absolute Gasteiger partial charge is 0.351 e. The summed E-state index contributed by atoms with van der Waals surface area (Å²) in [5.74, 6) is 0.396. The number of aromatic nitrogens is 1. The van der Waals surface area contributed by atoms with E-state index < -0.39 is 0 Å². The number of hydrogen-bond acceptors (Lipinski definition) is 3. The number of rotatable bonds is 1. The van der Waals surface area contributed by atoms with E-state index in [1.807, 2.05) is 5.38 Å². The van der Waals surface area contributed by atoms with E-state index in [4.69, 9.17) is 5.73 Å². The Morgan fingerprint density at radius 1 is 1.77 bits per heavy atom. The molecule has 13 heavy (non-hydrogen) atoms. The Labute approximate surface area is 80.4 Å². The molecule has 2 amide bonds. The Morgan fingerprint density at radius 2 is 2.62 bits per heavy atom. The molecular formula is C8H11N3OS. The van der Waals surface area contributed by atoms with Crippen LogP contribution in [0.15, 0.2) is 11.6 Å². The summed E-state index contributed by atoms with van der Waals surface area (Å²) in [7, 11) is 0. The van der Waals surface area contributed by atoms with E-state index >= 15 is 0 Å². The molecule has 0 bridgehead atoms. The van der Waals surface area contributed by atoms with Crippen LogP contribution in [0.4, 0.5) is 4.79 Å². The number of urea groups is 1. The summed E-state index contributed by atoms with van der Waals surface area (Å²) in [5.41, 5.74) is 5.18. The van der Waals surface area contributed by atoms with Gasteiger partial charge in [-0.3, -0.25) is 0 Å². The van der Waals surface area contributed by atoms with Crippen molar-refractivity contribution in [2.45, 2.75) is 12.3 Å². The highest BCUT2D eigenvalue weighted by molar-refractivity contribution is 7.09. The summed E-state index contributed by atoms with van der Waals surface area (Å²) in [6.45, 7) is 1.49. The van der Waals surface area contributed by atoms with Crippen LogP contribution in [0.1, 0.15) is 17.3 Å². The van der Waals surface area contributed by atoms with Crippen LogP contribution >= 0.6 is 11.3 Å². The zero-order chi connectivity index (χ0) is 9.26. The maximum atomic E-state index is 10.8. The van der Waals surface area contributed by atoms with Gasteiger partial charge in [0.1, 0.15) is 0 Å². The Bertz CT molecular complexity index is 298. The quantitative estimate of drug-likeness (QED) is 0.730. The molecule has 1 unspecified atom stereocenters. The highest BCUT2D eigenvalue weighted by Crippen LogP contribution is 2.27. The number of carbonyl (C=O) groups is 1. The smallest absolute Gasteiger partial charge is 0.314 e. The molecule has 70 valence electrons. The van der Waals surface area contributed by atoms with Crippen molar-refractivity contribution < 1.29 is 4.79 Å². The second kappa shape index (κ2) is 3.33. The fourth-order valence-corrected chi connectivity index (χ4v) is 2.37. The summed E-state index contributed by atoms with van der Waals surface area (Å²) in [6.07, 6.45) is 2.78. The second-order valence-corrected chi connectivity index (χ2v) is 4.07. The number of carbonyl (C=O) groups excluding carboxylic acids is 1. The van der Waals surface area contributed by atoms with Gasteiger partial charge in [0.05, 0.1) is 5.01 Å². The van der Waals surface area contributed by atoms with Crippen LogP contribution < -0.4 is 5.73 Å². The predicted molar refractivity (Wildman–Crippen MR) is 50.6 cm³/mol. The highest BCUT2D eigenvalue weighted by Gasteiger charge is 2.27. The molecule has 0 spiro atoms. The van der Waals surface area contributed by atoms with E-state index in [0.29, 0.717) is 5.92 Å². The minimum atomic E-state index is -0.320. The first-order chi connectivity index (χ1) is 6.27. The minimum Gasteiger partial charge on any atom is -0.351 e. The molecule has 1 fully saturated rings. The molecule has 0 aromatic carbocycles. The van der Waals surface area contributed by atoms with Crippen LogP contribution in [-0.2, 0) is 0 Å². The van der Waals surface area contributed by atoms with Gasteiger partial charge in [0.2, 0.25) is 0 Å². The normalized spacial score (nSPS) is 22.2. The molecule has 1 aliphatic rings. The third kappa shape index (κ3) is 1.65. The average Bonchev–Trinajstić information content (AvgIpc) is 2.75. The number of nitrogens with zero attached hydrogens (tertiary/aromatic N) is 2. The molecule has 1 saturated heterocycles. The molecule has 1 atom stereocenters. The third-order valence-corrected chi connectivity index (χ3v) is 3.24. The molecule has 5 heteroatoms. The Morgan fingerprint density at radius 3 is 3.15 bits per heavy atom. The molecular weight excluding hydrogens is 186 g/mol. The number of nitrogens with two attached hydrogens (primary N) is 1. The van der Waals surface area contributed by atoms with Crippen LogP contribution in [0.5, 0.6) is 0 Å². The monoisotopic (exact) mass is 197 g/mol. The molecule has 0 radical (unpaired) electrons. The Hall–Kier alpha value is -1.10. The molecule has 0 saturated carbocycles. The zero-order valence-electron chi connectivity index (χ0n) is 7.14. The lowest BCUT2D eigenvalue weighted by Crippen LogP contribution is -2.33. The van der Waals surface area contributed by atoms with Crippen molar-refractivity contribution in [2.75, 3.05) is 13.1 Å². The third-order valence-electron chi connectivity index (χ3n) is 2.30. The maximum absolute atomic E-state index is 10.8. The summed E-state index contributed by atoms with van der Waals surface area (Å²) < 4.78 is 0. The van der Waals surface area contributed by atoms with E-state index in [-0.39, 0.29) is 6.03 Å². The zero-order valence-corrected chi connectivity index (χ0v) is 7.96. The molecule has 1 aliphatic heterocycles. The second-order valence-electron chi connectivity index (χ2n) is 3.14. The van der Waals surface area contributed by atoms with Crippen molar-refractivity contribution in [1.29, 1.82) is 0 Å². The van der Waals surface area contributed by atoms with Gasteiger partial charge >= 0.3 is 6.03 Å². The molecule has 0 aliphatic carbocycles. The SMILES string of the molecule is NC(=O)N1CCC(c2nccs2)C1. The first-order valence-electron chi connectivity index (χ1n) is 4.21. The van der Waals surface area contributed by atoms with Crippen LogP contribution in [0, 0.1) is 0 Å². The van der Waals surface area contributed by atoms with Gasteiger partial charge in [0.25, 0.3) is 0 Å². The van der Waals surface area contributed by atoms with Gasteiger partial charge in [-0.05, 0) is 6.42 Å². The summed E-state index contributed by atoms with van der Waals surface area (Å²) in [6, 6.07) is -0.320. The topological polar surface area (TPSA) is 59.2 Å². The first-order valence-corrected chi connectivity index (χ1v) is 5.09. The fraction of sp³-hybridized carbons (Fsp3) is 0.500. The van der Waals surface area contributed by atoms with Crippen molar-refractivity contribution >= 4 is 17.4 Å². The number of amides is 2. The number of hydrogen-bond donors (Lipinski definition) is 1. The van der Waals surface area contributed by atoms with Gasteiger partial charge < -0.3 is 10.6 Å². The Kier molecular flexibility index (Phi) is 2.18. The summed E-state index contributed by atoms with van der Waals surface area (Å²) in [4.78, 5) is 16.8. The molecule has 4 nitrogen and oxygen atoms in total. The molecule has 1 aromatic rings. The lowest BCUT2D eigenvalue weighted by Gasteiger charge is -2.11. The van der Waals surface area contributed by atoms with Gasteiger partial charge in [-0.1, -0.05) is 0 Å². The fourth-order valence-electron chi connectivity index (χ4n) is 1.60. The van der Waals surface area contributed by atoms with Crippen molar-refractivity contribution in [3.05, 3.63) is 16.6 Å². The standard InChI is InChI=1S/C8H11N3OS/c9-8(12)11-3-1-6(5-11)7-10-2-4-13-7/h2,4,6H,1,3,5H2,(H2,9,12). The Balaban J connectivity index is 2.03. The number of likely N-dealkylation sites (tertiary alicyclic amines) is 1. The van der Waals surface area contributed by atoms with E-state index in [1.165, 1.54) is 0 Å². The molecule has 2 heterocycles. The first kappa shape index (κ1) is 8.50. The maximum Gasteiger partial charge on any atom is 0.314 e. The van der Waals surface area contributed by atoms with Crippen molar-refractivity contribution in [2.24, 2.45) is 5.73 Å². The van der Waals surface area contributed by atoms with Crippen LogP contribution in [0.3, 0.4) is 0 Å². The van der Waals surface area contributed by atoms with E-state index in [1.54, 1.807) is 22.4 Å². The number of primary amides is 1. The van der Waals surface area contributed by atoms with E-state index in [2.05, 4.69) is 4.98 Å². The van der Waals surface area contributed by atoms with Gasteiger partial charge in [0, 0.05) is 30.6 Å². The van der Waals surface area contributed by atoms with Gasteiger partial charge in [-0.25, -0.2) is 9.78 Å². The molecule has 2 N–H and O–H groups in total. The average molecular weight is 197 g/mol. The molecule has 1 aromatic heterocycles. The van der Waals surface area contributed by atoms with E-state index in [0.717, 1.165) is 24.5 Å². The van der Waals surface area contributed by atoms with Crippen molar-refractivity contribution in [3.63, 3.8) is 0 Å². The van der Waals surface area contributed by atoms with Crippen LogP contribution in [0.2, 0.25) is 0 Å². The highest BCUT2D eigenvalue weighted by atomic mass is 32.1. The van der Waals surface area contributed by atoms with Crippen LogP contribution in [0.25, 0.3) is 0 Å². The van der Waals surface area contributed by atoms with Gasteiger partial charge in [0.15, 0.2) is 0 Å². The van der Waals surface area contributed by atoms with Crippen LogP contribution in [-0.4, -0.2) is 29.0 Å². The van der Waals surface area contributed by atoms with Gasteiger partial charge in [-0.15, -0.1) is 11.3 Å². The summed E-state index contributed by atoms with van der Waals surface area (Å²) in [5, 5.41) is 3.08. The van der Waals surface area contributed by atoms with E-state index in [9.17, 15) is 4.79 Å². The molecule has 2 rings (SSSR count). The predicted octanol–water partition coefficient (Wildman–Crippen LogP) is 1.01. The van der Waals surface area contributed by atoms with Crippen molar-refractivity contribution in [1.82, 2.24) is 9.88 Å². The van der Waals surface area contributed by atoms with Crippen molar-refractivity contribution in [3.8, 4) is 0 Å². The number of thiazole rings is 1. The lowest BCUT2D eigenvalue weighted by atomic mass is 10.1. The lowest BCUT2D eigenvalue weighted by molar-refractivity contribution is 0.218. The minimum absolute atomic E-state index is 0.320. The van der Waals surface area contributed by atoms with Gasteiger partial charge in [-0.2, -0.15) is 0 Å².